The lowest BCUT2D eigenvalue weighted by molar-refractivity contribution is -0.0884. The Kier molecular flexibility index (Phi) is 5.50. The van der Waals surface area contributed by atoms with Crippen LogP contribution < -0.4 is 0 Å². The van der Waals surface area contributed by atoms with E-state index in [1.807, 2.05) is 24.4 Å². The highest BCUT2D eigenvalue weighted by Gasteiger charge is 2.33. The summed E-state index contributed by atoms with van der Waals surface area (Å²) in [5.41, 5.74) is -0.00983. The zero-order valence-corrected chi connectivity index (χ0v) is 15.2. The number of aromatic nitrogens is 5. The SMILES string of the molecule is C=C(/C=C(\C=C(/C)OCc1cn2ccccc2n1)C(F)(F)F)c1n[nH]nc1C#N. The average molecular weight is 400 g/mol. The van der Waals surface area contributed by atoms with Gasteiger partial charge in [-0.2, -0.15) is 28.7 Å². The predicted molar refractivity (Wildman–Crippen MR) is 98.0 cm³/mol. The first-order chi connectivity index (χ1) is 13.8. The molecule has 10 heteroatoms. The Balaban J connectivity index is 1.78. The van der Waals surface area contributed by atoms with Crippen LogP contribution in [0.4, 0.5) is 13.2 Å². The van der Waals surface area contributed by atoms with Crippen molar-refractivity contribution in [3.05, 3.63) is 77.7 Å². The zero-order chi connectivity index (χ0) is 21.0. The molecule has 0 atom stereocenters. The molecule has 29 heavy (non-hydrogen) atoms. The van der Waals surface area contributed by atoms with E-state index in [1.165, 1.54) is 6.92 Å². The van der Waals surface area contributed by atoms with Gasteiger partial charge in [0.2, 0.25) is 0 Å². The van der Waals surface area contributed by atoms with Crippen molar-refractivity contribution in [3.8, 4) is 6.07 Å². The fraction of sp³-hybridized carbons (Fsp3) is 0.158. The van der Waals surface area contributed by atoms with Crippen LogP contribution in [0.1, 0.15) is 24.0 Å². The fourth-order valence-electron chi connectivity index (χ4n) is 2.50. The molecule has 0 unspecified atom stereocenters. The second-order valence-electron chi connectivity index (χ2n) is 6.00. The molecule has 3 aromatic heterocycles. The van der Waals surface area contributed by atoms with Gasteiger partial charge in [0.1, 0.15) is 24.0 Å². The summed E-state index contributed by atoms with van der Waals surface area (Å²) < 4.78 is 47.5. The number of pyridine rings is 1. The smallest absolute Gasteiger partial charge is 0.416 e. The molecule has 0 saturated carbocycles. The number of hydrogen-bond acceptors (Lipinski definition) is 5. The molecule has 3 aromatic rings. The van der Waals surface area contributed by atoms with Crippen LogP contribution in [0.3, 0.4) is 0 Å². The third-order valence-electron chi connectivity index (χ3n) is 3.84. The number of rotatable bonds is 6. The molecule has 0 fully saturated rings. The molecule has 0 aliphatic carbocycles. The fourth-order valence-corrected chi connectivity index (χ4v) is 2.50. The van der Waals surface area contributed by atoms with Crippen LogP contribution in [0.25, 0.3) is 11.2 Å². The number of alkyl halides is 3. The number of nitrogens with one attached hydrogen (secondary N) is 1. The number of allylic oxidation sites excluding steroid dienone is 5. The van der Waals surface area contributed by atoms with E-state index < -0.39 is 11.7 Å². The summed E-state index contributed by atoms with van der Waals surface area (Å²) >= 11 is 0. The lowest BCUT2D eigenvalue weighted by atomic mass is 10.1. The highest BCUT2D eigenvalue weighted by Crippen LogP contribution is 2.30. The third-order valence-corrected chi connectivity index (χ3v) is 3.84. The zero-order valence-electron chi connectivity index (χ0n) is 15.2. The van der Waals surface area contributed by atoms with Crippen LogP contribution in [0.2, 0.25) is 0 Å². The lowest BCUT2D eigenvalue weighted by Gasteiger charge is -2.11. The topological polar surface area (TPSA) is 91.9 Å². The number of hydrogen-bond donors (Lipinski definition) is 1. The van der Waals surface area contributed by atoms with Crippen molar-refractivity contribution in [2.24, 2.45) is 0 Å². The van der Waals surface area contributed by atoms with E-state index in [9.17, 15) is 13.2 Å². The molecule has 1 N–H and O–H groups in total. The Hall–Kier alpha value is -3.87. The van der Waals surface area contributed by atoms with Crippen molar-refractivity contribution < 1.29 is 17.9 Å². The summed E-state index contributed by atoms with van der Waals surface area (Å²) in [5, 5.41) is 18.3. The van der Waals surface area contributed by atoms with Gasteiger partial charge >= 0.3 is 6.18 Å². The third kappa shape index (κ3) is 4.70. The molecule has 0 bridgehead atoms. The van der Waals surface area contributed by atoms with E-state index >= 15 is 0 Å². The van der Waals surface area contributed by atoms with Crippen LogP contribution in [-0.2, 0) is 11.3 Å². The maximum absolute atomic E-state index is 13.4. The van der Waals surface area contributed by atoms with Gasteiger partial charge in [0.05, 0.1) is 17.0 Å². The first-order valence-corrected chi connectivity index (χ1v) is 8.30. The van der Waals surface area contributed by atoms with Gasteiger partial charge in [-0.3, -0.25) is 0 Å². The number of H-pyrrole nitrogens is 1. The highest BCUT2D eigenvalue weighted by atomic mass is 19.4. The number of ether oxygens (including phenoxy) is 1. The number of fused-ring (bicyclic) bond motifs is 1. The van der Waals surface area contributed by atoms with Gasteiger partial charge < -0.3 is 9.14 Å². The number of imidazole rings is 1. The van der Waals surface area contributed by atoms with Crippen LogP contribution >= 0.6 is 0 Å². The van der Waals surface area contributed by atoms with Crippen LogP contribution in [0, 0.1) is 11.3 Å². The molecular formula is C19H15F3N6O. The summed E-state index contributed by atoms with van der Waals surface area (Å²) in [6, 6.07) is 7.21. The van der Waals surface area contributed by atoms with Crippen molar-refractivity contribution in [1.82, 2.24) is 24.8 Å². The average Bonchev–Trinajstić information content (AvgIpc) is 3.31. The minimum absolute atomic E-state index is 0.0119. The van der Waals surface area contributed by atoms with Crippen LogP contribution in [-0.4, -0.2) is 31.0 Å². The van der Waals surface area contributed by atoms with Crippen molar-refractivity contribution in [1.29, 1.82) is 5.26 Å². The van der Waals surface area contributed by atoms with Gasteiger partial charge in [0.15, 0.2) is 5.69 Å². The highest BCUT2D eigenvalue weighted by molar-refractivity contribution is 5.73. The van der Waals surface area contributed by atoms with E-state index in [0.29, 0.717) is 11.3 Å². The molecule has 7 nitrogen and oxygen atoms in total. The first kappa shape index (κ1) is 19.9. The Morgan fingerprint density at radius 2 is 2.14 bits per heavy atom. The first-order valence-electron chi connectivity index (χ1n) is 8.30. The van der Waals surface area contributed by atoms with Gasteiger partial charge in [-0.15, -0.1) is 5.10 Å². The summed E-state index contributed by atoms with van der Waals surface area (Å²) in [7, 11) is 0. The largest absolute Gasteiger partial charge is 0.492 e. The number of halogens is 3. The molecule has 0 radical (unpaired) electrons. The standard InChI is InChI=1S/C19H15F3N6O/c1-12(18-16(9-23)25-27-26-18)7-14(19(20,21)22)8-13(2)29-11-15-10-28-6-4-3-5-17(28)24-15/h3-8,10H,1,11H2,2H3,(H,25,26,27)/b13-8+,14-7+. The second kappa shape index (κ2) is 8.02. The summed E-state index contributed by atoms with van der Waals surface area (Å²) in [6.45, 7) is 4.97. The predicted octanol–water partition coefficient (Wildman–Crippen LogP) is 3.95. The Labute approximate surface area is 163 Å². The molecule has 0 aliphatic heterocycles. The normalized spacial score (nSPS) is 12.8. The van der Waals surface area contributed by atoms with E-state index in [0.717, 1.165) is 12.2 Å². The lowest BCUT2D eigenvalue weighted by Crippen LogP contribution is -2.11. The Morgan fingerprint density at radius 1 is 1.34 bits per heavy atom. The van der Waals surface area contributed by atoms with Gasteiger partial charge in [-0.25, -0.2) is 4.98 Å². The minimum atomic E-state index is -4.66. The molecule has 3 rings (SSSR count). The van der Waals surface area contributed by atoms with Crippen molar-refractivity contribution in [2.75, 3.05) is 0 Å². The molecule has 0 aliphatic rings. The van der Waals surface area contributed by atoms with Gasteiger partial charge in [0, 0.05) is 12.4 Å². The molecule has 0 amide bonds. The van der Waals surface area contributed by atoms with Crippen LogP contribution in [0.15, 0.2) is 60.7 Å². The van der Waals surface area contributed by atoms with E-state index in [2.05, 4.69) is 27.0 Å². The van der Waals surface area contributed by atoms with E-state index in [-0.39, 0.29) is 29.3 Å². The van der Waals surface area contributed by atoms with Crippen molar-refractivity contribution in [2.45, 2.75) is 19.7 Å². The number of nitriles is 1. The minimum Gasteiger partial charge on any atom is -0.492 e. The summed E-state index contributed by atoms with van der Waals surface area (Å²) in [4.78, 5) is 4.32. The molecule has 148 valence electrons. The van der Waals surface area contributed by atoms with Gasteiger partial charge in [-0.05, 0) is 36.8 Å². The van der Waals surface area contributed by atoms with Crippen molar-refractivity contribution >= 4 is 11.2 Å². The van der Waals surface area contributed by atoms with Crippen LogP contribution in [0.5, 0.6) is 0 Å². The molecule has 3 heterocycles. The number of nitrogens with zero attached hydrogens (tertiary/aromatic N) is 5. The summed E-state index contributed by atoms with van der Waals surface area (Å²) in [6.07, 6.45) is 0.528. The summed E-state index contributed by atoms with van der Waals surface area (Å²) in [5.74, 6) is 0.0408. The quantitative estimate of drug-likeness (QED) is 0.500. The molecule has 0 spiro atoms. The van der Waals surface area contributed by atoms with Gasteiger partial charge in [-0.1, -0.05) is 12.6 Å². The maximum atomic E-state index is 13.4. The number of aromatic amines is 1. The molecule has 0 saturated heterocycles. The Morgan fingerprint density at radius 3 is 2.83 bits per heavy atom. The monoisotopic (exact) mass is 400 g/mol. The molecule has 0 aromatic carbocycles. The van der Waals surface area contributed by atoms with Gasteiger partial charge in [0.25, 0.3) is 0 Å². The maximum Gasteiger partial charge on any atom is 0.416 e. The van der Waals surface area contributed by atoms with E-state index in [4.69, 9.17) is 10.00 Å². The Bertz CT molecular complexity index is 1110. The van der Waals surface area contributed by atoms with Crippen molar-refractivity contribution in [3.63, 3.8) is 0 Å². The van der Waals surface area contributed by atoms with E-state index in [1.54, 1.807) is 16.7 Å². The second-order valence-corrected chi connectivity index (χ2v) is 6.00. The molecular weight excluding hydrogens is 385 g/mol.